The summed E-state index contributed by atoms with van der Waals surface area (Å²) in [6, 6.07) is 9.28. The lowest BCUT2D eigenvalue weighted by Gasteiger charge is -2.34. The molecule has 0 amide bonds. The van der Waals surface area contributed by atoms with Crippen molar-refractivity contribution < 1.29 is 0 Å². The Morgan fingerprint density at radius 1 is 1.00 bits per heavy atom. The van der Waals surface area contributed by atoms with E-state index in [0.29, 0.717) is 12.0 Å². The van der Waals surface area contributed by atoms with Gasteiger partial charge in [0.15, 0.2) is 0 Å². The fourth-order valence-electron chi connectivity index (χ4n) is 3.07. The third kappa shape index (κ3) is 1.59. The van der Waals surface area contributed by atoms with E-state index >= 15 is 0 Å². The predicted molar refractivity (Wildman–Crippen MR) is 62.7 cm³/mol. The van der Waals surface area contributed by atoms with Gasteiger partial charge in [-0.2, -0.15) is 0 Å². The molecule has 1 nitrogen and oxygen atoms in total. The molecule has 3 rings (SSSR count). The molecule has 1 atom stereocenters. The molecule has 0 heterocycles. The minimum atomic E-state index is 0.450. The Morgan fingerprint density at radius 3 is 2.07 bits per heavy atom. The average Bonchev–Trinajstić information content (AvgIpc) is 2.58. The number of rotatable bonds is 2. The van der Waals surface area contributed by atoms with Gasteiger partial charge < -0.3 is 5.73 Å². The van der Waals surface area contributed by atoms with Crippen LogP contribution in [0.2, 0.25) is 0 Å². The highest BCUT2D eigenvalue weighted by atomic mass is 14.7. The molecule has 2 N–H and O–H groups in total. The molecule has 1 heteroatoms. The third-order valence-corrected chi connectivity index (χ3v) is 4.32. The van der Waals surface area contributed by atoms with Crippen LogP contribution in [0.1, 0.15) is 30.4 Å². The summed E-state index contributed by atoms with van der Waals surface area (Å²) in [6.45, 7) is 0. The van der Waals surface area contributed by atoms with Crippen LogP contribution in [0.4, 0.5) is 0 Å². The first-order valence-electron chi connectivity index (χ1n) is 6.17. The highest BCUT2D eigenvalue weighted by Crippen LogP contribution is 2.36. The molecule has 1 unspecified atom stereocenters. The van der Waals surface area contributed by atoms with Crippen LogP contribution < -0.4 is 5.73 Å². The average molecular weight is 201 g/mol. The maximum atomic E-state index is 6.36. The van der Waals surface area contributed by atoms with Crippen LogP contribution in [-0.2, 0) is 12.8 Å². The molecule has 15 heavy (non-hydrogen) atoms. The van der Waals surface area contributed by atoms with E-state index in [1.807, 2.05) is 0 Å². The fraction of sp³-hybridized carbons (Fsp3) is 0.571. The molecule has 0 aliphatic heterocycles. The Hall–Kier alpha value is -0.820. The highest BCUT2D eigenvalue weighted by Gasteiger charge is 2.33. The fourth-order valence-corrected chi connectivity index (χ4v) is 3.07. The van der Waals surface area contributed by atoms with Gasteiger partial charge in [-0.05, 0) is 48.6 Å². The van der Waals surface area contributed by atoms with E-state index in [-0.39, 0.29) is 0 Å². The molecule has 0 saturated heterocycles. The van der Waals surface area contributed by atoms with E-state index in [1.165, 1.54) is 43.2 Å². The van der Waals surface area contributed by atoms with Crippen LogP contribution in [0, 0.1) is 11.8 Å². The standard InChI is InChI=1S/C14H19N/c15-14(10-6-3-7-10)13-8-11-4-1-2-5-12(11)9-13/h1-2,4-5,10,13-14H,3,6-9,15H2. The van der Waals surface area contributed by atoms with Crippen LogP contribution in [0.3, 0.4) is 0 Å². The molecule has 1 aromatic carbocycles. The maximum absolute atomic E-state index is 6.36. The van der Waals surface area contributed by atoms with Crippen molar-refractivity contribution in [2.75, 3.05) is 0 Å². The monoisotopic (exact) mass is 201 g/mol. The van der Waals surface area contributed by atoms with Crippen LogP contribution in [-0.4, -0.2) is 6.04 Å². The van der Waals surface area contributed by atoms with Crippen LogP contribution in [0.5, 0.6) is 0 Å². The smallest absolute Gasteiger partial charge is 0.0102 e. The number of fused-ring (bicyclic) bond motifs is 1. The zero-order valence-corrected chi connectivity index (χ0v) is 9.15. The van der Waals surface area contributed by atoms with Crippen molar-refractivity contribution in [3.8, 4) is 0 Å². The third-order valence-electron chi connectivity index (χ3n) is 4.32. The van der Waals surface area contributed by atoms with Gasteiger partial charge in [-0.25, -0.2) is 0 Å². The number of hydrogen-bond donors (Lipinski definition) is 1. The molecular formula is C14H19N. The Kier molecular flexibility index (Phi) is 2.28. The molecule has 0 radical (unpaired) electrons. The molecule has 1 fully saturated rings. The molecule has 1 aromatic rings. The van der Waals surface area contributed by atoms with Crippen LogP contribution in [0.25, 0.3) is 0 Å². The first kappa shape index (κ1) is 9.41. The van der Waals surface area contributed by atoms with Gasteiger partial charge in [-0.1, -0.05) is 30.7 Å². The van der Waals surface area contributed by atoms with E-state index in [0.717, 1.165) is 5.92 Å². The molecule has 0 bridgehead atoms. The van der Waals surface area contributed by atoms with E-state index in [4.69, 9.17) is 5.73 Å². The highest BCUT2D eigenvalue weighted by molar-refractivity contribution is 5.32. The van der Waals surface area contributed by atoms with Gasteiger partial charge >= 0.3 is 0 Å². The first-order chi connectivity index (χ1) is 7.34. The summed E-state index contributed by atoms with van der Waals surface area (Å²) in [6.07, 6.45) is 6.57. The van der Waals surface area contributed by atoms with E-state index < -0.39 is 0 Å². The summed E-state index contributed by atoms with van der Waals surface area (Å²) in [4.78, 5) is 0. The van der Waals surface area contributed by atoms with Crippen LogP contribution in [0.15, 0.2) is 24.3 Å². The second kappa shape index (κ2) is 3.64. The minimum Gasteiger partial charge on any atom is -0.327 e. The van der Waals surface area contributed by atoms with Crippen LogP contribution >= 0.6 is 0 Å². The lowest BCUT2D eigenvalue weighted by Crippen LogP contribution is -2.41. The Morgan fingerprint density at radius 2 is 1.60 bits per heavy atom. The number of benzene rings is 1. The molecule has 0 spiro atoms. The topological polar surface area (TPSA) is 26.0 Å². The van der Waals surface area contributed by atoms with E-state index in [2.05, 4.69) is 24.3 Å². The SMILES string of the molecule is NC(C1CCC1)C1Cc2ccccc2C1. The summed E-state index contributed by atoms with van der Waals surface area (Å²) in [5, 5.41) is 0. The summed E-state index contributed by atoms with van der Waals surface area (Å²) in [5.41, 5.74) is 9.44. The van der Waals surface area contributed by atoms with E-state index in [9.17, 15) is 0 Å². The van der Waals surface area contributed by atoms with E-state index in [1.54, 1.807) is 0 Å². The maximum Gasteiger partial charge on any atom is 0.0102 e. The van der Waals surface area contributed by atoms with Crippen molar-refractivity contribution >= 4 is 0 Å². The van der Waals surface area contributed by atoms with Gasteiger partial charge in [0.25, 0.3) is 0 Å². The lowest BCUT2D eigenvalue weighted by atomic mass is 9.74. The van der Waals surface area contributed by atoms with Crippen molar-refractivity contribution in [2.24, 2.45) is 17.6 Å². The molecule has 1 saturated carbocycles. The second-order valence-corrected chi connectivity index (χ2v) is 5.21. The summed E-state index contributed by atoms with van der Waals surface area (Å²) in [7, 11) is 0. The lowest BCUT2D eigenvalue weighted by molar-refractivity contribution is 0.211. The normalized spacial score (nSPS) is 23.5. The summed E-state index contributed by atoms with van der Waals surface area (Å²) < 4.78 is 0. The van der Waals surface area contributed by atoms with Gasteiger partial charge in [-0.3, -0.25) is 0 Å². The molecule has 2 aliphatic rings. The van der Waals surface area contributed by atoms with Gasteiger partial charge in [-0.15, -0.1) is 0 Å². The molecule has 2 aliphatic carbocycles. The Labute approximate surface area is 91.7 Å². The molecule has 0 aromatic heterocycles. The van der Waals surface area contributed by atoms with Crippen molar-refractivity contribution in [3.63, 3.8) is 0 Å². The minimum absolute atomic E-state index is 0.450. The number of hydrogen-bond acceptors (Lipinski definition) is 1. The van der Waals surface area contributed by atoms with Gasteiger partial charge in [0.1, 0.15) is 0 Å². The summed E-state index contributed by atoms with van der Waals surface area (Å²) >= 11 is 0. The number of nitrogens with two attached hydrogens (primary N) is 1. The van der Waals surface area contributed by atoms with Gasteiger partial charge in [0.05, 0.1) is 0 Å². The van der Waals surface area contributed by atoms with Crippen molar-refractivity contribution in [3.05, 3.63) is 35.4 Å². The Balaban J connectivity index is 1.72. The first-order valence-corrected chi connectivity index (χ1v) is 6.17. The van der Waals surface area contributed by atoms with Crippen molar-refractivity contribution in [2.45, 2.75) is 38.1 Å². The molecular weight excluding hydrogens is 182 g/mol. The summed E-state index contributed by atoms with van der Waals surface area (Å²) in [5.74, 6) is 1.54. The van der Waals surface area contributed by atoms with Crippen molar-refractivity contribution in [1.82, 2.24) is 0 Å². The predicted octanol–water partition coefficient (Wildman–Crippen LogP) is 2.53. The Bertz CT molecular complexity index is 329. The van der Waals surface area contributed by atoms with Gasteiger partial charge in [0, 0.05) is 6.04 Å². The second-order valence-electron chi connectivity index (χ2n) is 5.21. The quantitative estimate of drug-likeness (QED) is 0.781. The van der Waals surface area contributed by atoms with Crippen molar-refractivity contribution in [1.29, 1.82) is 0 Å². The zero-order valence-electron chi connectivity index (χ0n) is 9.15. The van der Waals surface area contributed by atoms with Gasteiger partial charge in [0.2, 0.25) is 0 Å². The largest absolute Gasteiger partial charge is 0.327 e. The molecule has 80 valence electrons. The zero-order chi connectivity index (χ0) is 10.3.